The van der Waals surface area contributed by atoms with Gasteiger partial charge in [-0.15, -0.1) is 13.2 Å². The zero-order chi connectivity index (χ0) is 28.7. The predicted molar refractivity (Wildman–Crippen MR) is 140 cm³/mol. The van der Waals surface area contributed by atoms with E-state index in [0.717, 1.165) is 25.7 Å². The number of carbonyl (C=O) groups is 1. The molecule has 1 aliphatic carbocycles. The second-order valence-electron chi connectivity index (χ2n) is 9.42. The number of hydrogen-bond donors (Lipinski definition) is 2. The summed E-state index contributed by atoms with van der Waals surface area (Å²) >= 11 is 0. The molecule has 0 spiro atoms. The van der Waals surface area contributed by atoms with E-state index in [0.29, 0.717) is 40.3 Å². The third kappa shape index (κ3) is 7.52. The average Bonchev–Trinajstić information content (AvgIpc) is 3.31. The first-order valence-corrected chi connectivity index (χ1v) is 13.1. The minimum Gasteiger partial charge on any atom is -0.406 e. The van der Waals surface area contributed by atoms with Crippen molar-refractivity contribution in [2.75, 3.05) is 13.7 Å². The molecule has 0 saturated heterocycles. The Morgan fingerprint density at radius 3 is 2.44 bits per heavy atom. The number of aromatic amines is 1. The molecule has 0 unspecified atom stereocenters. The molecule has 2 aromatic heterocycles. The van der Waals surface area contributed by atoms with Crippen LogP contribution in [0, 0.1) is 25.6 Å². The van der Waals surface area contributed by atoms with Crippen LogP contribution in [0.1, 0.15) is 72.8 Å². The smallest absolute Gasteiger partial charge is 0.406 e. The van der Waals surface area contributed by atoms with E-state index in [-0.39, 0.29) is 29.3 Å². The maximum atomic E-state index is 14.8. The SMILES string of the molecule is CC.CO[n+]1ccc(C2CCC(CNC(=O)c3cc(C)[nH]c3-c3cccc(OC(F)(F)F)c3)CC2)c(F)c1C. The van der Waals surface area contributed by atoms with Crippen LogP contribution in [0.5, 0.6) is 5.75 Å². The highest BCUT2D eigenvalue weighted by atomic mass is 19.4. The van der Waals surface area contributed by atoms with Gasteiger partial charge in [0.25, 0.3) is 11.6 Å². The Labute approximate surface area is 226 Å². The van der Waals surface area contributed by atoms with Crippen LogP contribution in [-0.4, -0.2) is 30.9 Å². The van der Waals surface area contributed by atoms with Crippen molar-refractivity contribution in [1.29, 1.82) is 0 Å². The average molecular weight is 551 g/mol. The summed E-state index contributed by atoms with van der Waals surface area (Å²) in [6.07, 6.45) is 0.238. The van der Waals surface area contributed by atoms with Crippen molar-refractivity contribution in [2.24, 2.45) is 5.92 Å². The van der Waals surface area contributed by atoms with Crippen molar-refractivity contribution >= 4 is 5.91 Å². The fraction of sp³-hybridized carbons (Fsp3) is 0.448. The van der Waals surface area contributed by atoms with Crippen molar-refractivity contribution in [3.63, 3.8) is 0 Å². The fourth-order valence-electron chi connectivity index (χ4n) is 5.01. The van der Waals surface area contributed by atoms with Crippen molar-refractivity contribution in [3.8, 4) is 17.0 Å². The maximum Gasteiger partial charge on any atom is 0.573 e. The van der Waals surface area contributed by atoms with Crippen molar-refractivity contribution in [1.82, 2.24) is 10.3 Å². The summed E-state index contributed by atoms with van der Waals surface area (Å²) in [6, 6.07) is 8.95. The Balaban J connectivity index is 0.00000205. The molecule has 39 heavy (non-hydrogen) atoms. The number of nitrogens with zero attached hydrogens (tertiary/aromatic N) is 1. The van der Waals surface area contributed by atoms with Gasteiger partial charge in [0.2, 0.25) is 6.20 Å². The van der Waals surface area contributed by atoms with E-state index in [2.05, 4.69) is 15.0 Å². The Kier molecular flexibility index (Phi) is 9.99. The number of ether oxygens (including phenoxy) is 1. The lowest BCUT2D eigenvalue weighted by Crippen LogP contribution is -2.44. The van der Waals surface area contributed by atoms with Crippen molar-refractivity contribution < 1.29 is 36.7 Å². The van der Waals surface area contributed by atoms with E-state index in [4.69, 9.17) is 4.84 Å². The Hall–Kier alpha value is -3.56. The van der Waals surface area contributed by atoms with Gasteiger partial charge in [0.1, 0.15) is 12.9 Å². The van der Waals surface area contributed by atoms with Gasteiger partial charge >= 0.3 is 6.36 Å². The number of hydrogen-bond acceptors (Lipinski definition) is 3. The Morgan fingerprint density at radius 1 is 1.10 bits per heavy atom. The molecule has 2 heterocycles. The standard InChI is InChI=1S/C27H29F4N3O3.C2H6/c1-16-13-23(25(33-16)20-5-4-6-21(14-20)37-27(29,30)31)26(35)32-15-18-7-9-19(10-8-18)22-11-12-34(36-3)17(2)24(22)28;1-2/h4-6,11-14,18-19H,7-10,15H2,1-3H3,(H-,32,33,35);1-2H3/p+1. The van der Waals surface area contributed by atoms with Gasteiger partial charge in [0, 0.05) is 41.1 Å². The lowest BCUT2D eigenvalue weighted by Gasteiger charge is -2.29. The number of benzene rings is 1. The van der Waals surface area contributed by atoms with Crippen LogP contribution in [0.15, 0.2) is 42.6 Å². The largest absolute Gasteiger partial charge is 0.573 e. The van der Waals surface area contributed by atoms with E-state index in [9.17, 15) is 22.4 Å². The second kappa shape index (κ2) is 13.0. The molecule has 0 bridgehead atoms. The summed E-state index contributed by atoms with van der Waals surface area (Å²) in [5, 5.41) is 2.97. The fourth-order valence-corrected chi connectivity index (χ4v) is 5.01. The van der Waals surface area contributed by atoms with E-state index in [1.807, 2.05) is 13.8 Å². The van der Waals surface area contributed by atoms with Gasteiger partial charge in [0.05, 0.1) is 11.3 Å². The summed E-state index contributed by atoms with van der Waals surface area (Å²) in [6.45, 7) is 7.92. The van der Waals surface area contributed by atoms with E-state index in [1.165, 1.54) is 30.0 Å². The van der Waals surface area contributed by atoms with Gasteiger partial charge in [0.15, 0.2) is 5.82 Å². The minimum atomic E-state index is -4.81. The van der Waals surface area contributed by atoms with Crippen LogP contribution in [0.2, 0.25) is 0 Å². The number of carbonyl (C=O) groups excluding carboxylic acids is 1. The van der Waals surface area contributed by atoms with Crippen LogP contribution < -0.4 is 19.6 Å². The van der Waals surface area contributed by atoms with Crippen LogP contribution in [0.4, 0.5) is 17.6 Å². The molecule has 4 rings (SSSR count). The summed E-state index contributed by atoms with van der Waals surface area (Å²) in [7, 11) is 1.49. The molecular weight excluding hydrogens is 514 g/mol. The predicted octanol–water partition coefficient (Wildman–Crippen LogP) is 6.41. The van der Waals surface area contributed by atoms with E-state index < -0.39 is 6.36 Å². The molecule has 1 saturated carbocycles. The zero-order valence-corrected chi connectivity index (χ0v) is 22.9. The lowest BCUT2D eigenvalue weighted by molar-refractivity contribution is -0.890. The third-order valence-electron chi connectivity index (χ3n) is 6.88. The number of amides is 1. The van der Waals surface area contributed by atoms with Gasteiger partial charge < -0.3 is 15.0 Å². The molecule has 10 heteroatoms. The van der Waals surface area contributed by atoms with Gasteiger partial charge in [-0.1, -0.05) is 26.0 Å². The highest BCUT2D eigenvalue weighted by molar-refractivity contribution is 6.00. The van der Waals surface area contributed by atoms with Crippen LogP contribution in [0.25, 0.3) is 11.3 Å². The third-order valence-corrected chi connectivity index (χ3v) is 6.88. The highest BCUT2D eigenvalue weighted by Gasteiger charge is 2.31. The first kappa shape index (κ1) is 30.0. The van der Waals surface area contributed by atoms with E-state index >= 15 is 0 Å². The van der Waals surface area contributed by atoms with Crippen LogP contribution in [-0.2, 0) is 0 Å². The van der Waals surface area contributed by atoms with Gasteiger partial charge in [-0.25, -0.2) is 0 Å². The molecule has 0 aliphatic heterocycles. The second-order valence-corrected chi connectivity index (χ2v) is 9.42. The monoisotopic (exact) mass is 550 g/mol. The maximum absolute atomic E-state index is 14.8. The minimum absolute atomic E-state index is 0.113. The van der Waals surface area contributed by atoms with Gasteiger partial charge in [-0.2, -0.15) is 4.39 Å². The number of halogens is 4. The quantitative estimate of drug-likeness (QED) is 0.264. The summed E-state index contributed by atoms with van der Waals surface area (Å²) in [5.41, 5.74) is 3.02. The Morgan fingerprint density at radius 2 is 1.79 bits per heavy atom. The summed E-state index contributed by atoms with van der Waals surface area (Å²) < 4.78 is 58.2. The summed E-state index contributed by atoms with van der Waals surface area (Å²) in [4.78, 5) is 21.2. The first-order chi connectivity index (χ1) is 18.6. The van der Waals surface area contributed by atoms with Crippen LogP contribution >= 0.6 is 0 Å². The van der Waals surface area contributed by atoms with Crippen molar-refractivity contribution in [2.45, 2.75) is 65.7 Å². The molecule has 1 amide bonds. The number of nitrogens with one attached hydrogen (secondary N) is 2. The number of H-pyrrole nitrogens is 1. The number of aromatic nitrogens is 2. The molecular formula is C29H36F4N3O3+. The number of aryl methyl sites for hydroxylation is 1. The normalized spacial score (nSPS) is 17.2. The van der Waals surface area contributed by atoms with Crippen LogP contribution in [0.3, 0.4) is 0 Å². The van der Waals surface area contributed by atoms with Gasteiger partial charge in [-0.05, 0) is 62.6 Å². The number of alkyl halides is 3. The molecule has 0 radical (unpaired) electrons. The molecule has 1 fully saturated rings. The summed E-state index contributed by atoms with van der Waals surface area (Å²) in [5.74, 6) is -0.549. The Bertz CT molecular complexity index is 1270. The first-order valence-electron chi connectivity index (χ1n) is 13.1. The van der Waals surface area contributed by atoms with E-state index in [1.54, 1.807) is 38.2 Å². The topological polar surface area (TPSA) is 67.2 Å². The zero-order valence-electron chi connectivity index (χ0n) is 22.9. The number of pyridine rings is 1. The molecule has 1 aliphatic rings. The lowest BCUT2D eigenvalue weighted by atomic mass is 9.78. The number of rotatable bonds is 7. The molecule has 0 atom stereocenters. The van der Waals surface area contributed by atoms with Gasteiger partial charge in [-0.3, -0.25) is 9.63 Å². The molecule has 3 aromatic rings. The highest BCUT2D eigenvalue weighted by Crippen LogP contribution is 2.37. The molecule has 2 N–H and O–H groups in total. The molecule has 212 valence electrons. The molecule has 6 nitrogen and oxygen atoms in total. The molecule has 1 aromatic carbocycles. The van der Waals surface area contributed by atoms with Crippen molar-refractivity contribution in [3.05, 3.63) is 70.9 Å².